The Morgan fingerprint density at radius 3 is 2.14 bits per heavy atom. The molecule has 0 fully saturated rings. The first-order chi connectivity index (χ1) is 13.4. The Kier molecular flexibility index (Phi) is 8.80. The van der Waals surface area contributed by atoms with E-state index in [1.54, 1.807) is 18.2 Å². The summed E-state index contributed by atoms with van der Waals surface area (Å²) in [5, 5.41) is 10.2. The van der Waals surface area contributed by atoms with Crippen LogP contribution in [0.2, 0.25) is 0 Å². The van der Waals surface area contributed by atoms with Crippen LogP contribution in [0.25, 0.3) is 0 Å². The highest BCUT2D eigenvalue weighted by Crippen LogP contribution is 2.34. The lowest BCUT2D eigenvalue weighted by atomic mass is 10.0. The predicted octanol–water partition coefficient (Wildman–Crippen LogP) is 6.11. The first-order valence-electron chi connectivity index (χ1n) is 9.98. The summed E-state index contributed by atoms with van der Waals surface area (Å²) < 4.78 is 37.7. The maximum Gasteiger partial charge on any atom is 0.298 e. The van der Waals surface area contributed by atoms with Gasteiger partial charge in [0.25, 0.3) is 10.1 Å². The lowest BCUT2D eigenvalue weighted by Gasteiger charge is -2.11. The van der Waals surface area contributed by atoms with E-state index in [-0.39, 0.29) is 22.1 Å². The van der Waals surface area contributed by atoms with Gasteiger partial charge in [-0.15, -0.1) is 0 Å². The smallest absolute Gasteiger partial charge is 0.298 e. The highest BCUT2D eigenvalue weighted by molar-refractivity contribution is 7.86. The molecule has 0 bridgehead atoms. The summed E-state index contributed by atoms with van der Waals surface area (Å²) in [6.07, 6.45) is 10.9. The highest BCUT2D eigenvalue weighted by atomic mass is 32.2. The van der Waals surface area contributed by atoms with E-state index in [4.69, 9.17) is 4.74 Å². The fourth-order valence-electron chi connectivity index (χ4n) is 3.13. The van der Waals surface area contributed by atoms with E-state index in [1.807, 2.05) is 6.07 Å². The third-order valence-electron chi connectivity index (χ3n) is 4.69. The van der Waals surface area contributed by atoms with Gasteiger partial charge < -0.3 is 9.84 Å². The van der Waals surface area contributed by atoms with E-state index in [0.717, 1.165) is 18.4 Å². The second-order valence-electron chi connectivity index (χ2n) is 7.05. The van der Waals surface area contributed by atoms with Gasteiger partial charge in [-0.3, -0.25) is 4.55 Å². The number of hydrogen-bond donors (Lipinski definition) is 2. The minimum Gasteiger partial charge on any atom is -0.504 e. The number of ether oxygens (including phenoxy) is 1. The van der Waals surface area contributed by atoms with Crippen LogP contribution >= 0.6 is 0 Å². The summed E-state index contributed by atoms with van der Waals surface area (Å²) in [7, 11) is -4.41. The Morgan fingerprint density at radius 2 is 1.50 bits per heavy atom. The third kappa shape index (κ3) is 7.17. The van der Waals surface area contributed by atoms with E-state index in [9.17, 15) is 18.1 Å². The summed E-state index contributed by atoms with van der Waals surface area (Å²) in [6.45, 7) is 2.22. The molecular formula is C22H30O5S. The quantitative estimate of drug-likeness (QED) is 0.328. The second kappa shape index (κ2) is 11.1. The first kappa shape index (κ1) is 22.2. The van der Waals surface area contributed by atoms with Crippen molar-refractivity contribution in [1.29, 1.82) is 0 Å². The van der Waals surface area contributed by atoms with Gasteiger partial charge in [-0.25, -0.2) is 0 Å². The number of hydrogen-bond acceptors (Lipinski definition) is 4. The molecule has 0 aliphatic carbocycles. The molecule has 0 atom stereocenters. The zero-order valence-electron chi connectivity index (χ0n) is 16.4. The fourth-order valence-corrected chi connectivity index (χ4v) is 3.75. The average molecular weight is 407 g/mol. The van der Waals surface area contributed by atoms with Crippen molar-refractivity contribution >= 4 is 10.1 Å². The van der Waals surface area contributed by atoms with E-state index in [2.05, 4.69) is 6.92 Å². The van der Waals surface area contributed by atoms with Crippen LogP contribution in [0.4, 0.5) is 0 Å². The number of aromatic hydroxyl groups is 1. The summed E-state index contributed by atoms with van der Waals surface area (Å²) in [6, 6.07) is 10.9. The topological polar surface area (TPSA) is 83.8 Å². The van der Waals surface area contributed by atoms with E-state index >= 15 is 0 Å². The lowest BCUT2D eigenvalue weighted by Crippen LogP contribution is -2.01. The van der Waals surface area contributed by atoms with Crippen LogP contribution in [0.1, 0.15) is 63.9 Å². The van der Waals surface area contributed by atoms with Crippen LogP contribution < -0.4 is 4.74 Å². The van der Waals surface area contributed by atoms with Crippen molar-refractivity contribution < 1.29 is 22.8 Å². The van der Waals surface area contributed by atoms with Crippen molar-refractivity contribution in [1.82, 2.24) is 0 Å². The van der Waals surface area contributed by atoms with Crippen LogP contribution in [0, 0.1) is 0 Å². The zero-order valence-corrected chi connectivity index (χ0v) is 17.2. The van der Waals surface area contributed by atoms with Gasteiger partial charge >= 0.3 is 0 Å². The van der Waals surface area contributed by atoms with Gasteiger partial charge in [-0.05, 0) is 42.7 Å². The first-order valence-corrected chi connectivity index (χ1v) is 11.4. The molecular weight excluding hydrogens is 376 g/mol. The van der Waals surface area contributed by atoms with E-state index < -0.39 is 10.1 Å². The number of rotatable bonds is 12. The number of para-hydroxylation sites is 1. The van der Waals surface area contributed by atoms with Crippen molar-refractivity contribution in [2.24, 2.45) is 0 Å². The molecule has 0 aromatic heterocycles. The monoisotopic (exact) mass is 406 g/mol. The van der Waals surface area contributed by atoms with Crippen molar-refractivity contribution in [3.63, 3.8) is 0 Å². The number of unbranched alkanes of at least 4 members (excludes halogenated alkanes) is 7. The van der Waals surface area contributed by atoms with Crippen LogP contribution in [-0.4, -0.2) is 18.1 Å². The Labute approximate surface area is 168 Å². The summed E-state index contributed by atoms with van der Waals surface area (Å²) >= 11 is 0. The normalized spacial score (nSPS) is 11.5. The van der Waals surface area contributed by atoms with Crippen LogP contribution in [0.15, 0.2) is 47.4 Å². The highest BCUT2D eigenvalue weighted by Gasteiger charge is 2.17. The largest absolute Gasteiger partial charge is 0.504 e. The predicted molar refractivity (Wildman–Crippen MR) is 111 cm³/mol. The molecule has 154 valence electrons. The zero-order chi connectivity index (χ0) is 20.4. The molecule has 0 amide bonds. The molecule has 0 unspecified atom stereocenters. The maximum absolute atomic E-state index is 11.4. The molecule has 0 aliphatic rings. The second-order valence-corrected chi connectivity index (χ2v) is 8.44. The van der Waals surface area contributed by atoms with Gasteiger partial charge in [0.2, 0.25) is 0 Å². The fraction of sp³-hybridized carbons (Fsp3) is 0.455. The van der Waals surface area contributed by atoms with Crippen LogP contribution in [0.3, 0.4) is 0 Å². The summed E-state index contributed by atoms with van der Waals surface area (Å²) in [5.74, 6) is 0.0640. The molecule has 2 aromatic carbocycles. The average Bonchev–Trinajstić information content (AvgIpc) is 2.65. The molecule has 2 aromatic rings. The Hall–Kier alpha value is -2.05. The minimum absolute atomic E-state index is 0.0314. The molecule has 0 aliphatic heterocycles. The van der Waals surface area contributed by atoms with Gasteiger partial charge in [-0.1, -0.05) is 70.1 Å². The maximum atomic E-state index is 11.4. The summed E-state index contributed by atoms with van der Waals surface area (Å²) in [5.41, 5.74) is 1.01. The van der Waals surface area contributed by atoms with Crippen molar-refractivity contribution in [2.75, 3.05) is 0 Å². The number of phenolic OH excluding ortho intramolecular Hbond substituents is 1. The van der Waals surface area contributed by atoms with Gasteiger partial charge in [-0.2, -0.15) is 8.42 Å². The SMILES string of the molecule is CCCCCCCCCCc1ccc(Oc2ccccc2S(=O)(=O)O)c(O)c1. The van der Waals surface area contributed by atoms with E-state index in [1.165, 1.54) is 63.1 Å². The van der Waals surface area contributed by atoms with Crippen LogP contribution in [0.5, 0.6) is 17.2 Å². The minimum atomic E-state index is -4.41. The van der Waals surface area contributed by atoms with Gasteiger partial charge in [0.15, 0.2) is 11.5 Å². The van der Waals surface area contributed by atoms with Gasteiger partial charge in [0.05, 0.1) is 0 Å². The van der Waals surface area contributed by atoms with Crippen molar-refractivity contribution in [3.05, 3.63) is 48.0 Å². The number of phenols is 1. The molecule has 0 saturated heterocycles. The van der Waals surface area contributed by atoms with Gasteiger partial charge in [0, 0.05) is 0 Å². The van der Waals surface area contributed by atoms with Gasteiger partial charge in [0.1, 0.15) is 10.6 Å². The summed E-state index contributed by atoms with van der Waals surface area (Å²) in [4.78, 5) is -0.336. The molecule has 5 nitrogen and oxygen atoms in total. The molecule has 0 saturated carbocycles. The van der Waals surface area contributed by atoms with Crippen LogP contribution in [-0.2, 0) is 16.5 Å². The molecule has 2 N–H and O–H groups in total. The molecule has 6 heteroatoms. The lowest BCUT2D eigenvalue weighted by molar-refractivity contribution is 0.401. The number of benzene rings is 2. The Bertz CT molecular complexity index is 846. The Morgan fingerprint density at radius 1 is 0.857 bits per heavy atom. The molecule has 0 spiro atoms. The molecule has 0 radical (unpaired) electrons. The Balaban J connectivity index is 1.88. The standard InChI is InChI=1S/C22H30O5S/c1-2-3-4-5-6-7-8-9-12-18-15-16-20(19(23)17-18)27-21-13-10-11-14-22(21)28(24,25)26/h10-11,13-17,23H,2-9,12H2,1H3,(H,24,25,26). The van der Waals surface area contributed by atoms with Crippen molar-refractivity contribution in [2.45, 2.75) is 69.6 Å². The van der Waals surface area contributed by atoms with Crippen molar-refractivity contribution in [3.8, 4) is 17.2 Å². The van der Waals surface area contributed by atoms with E-state index in [0.29, 0.717) is 0 Å². The molecule has 28 heavy (non-hydrogen) atoms. The number of aryl methyl sites for hydroxylation is 1. The molecule has 0 heterocycles. The molecule has 2 rings (SSSR count). The third-order valence-corrected chi connectivity index (χ3v) is 5.58.